The van der Waals surface area contributed by atoms with Crippen molar-refractivity contribution in [2.24, 2.45) is 0 Å². The summed E-state index contributed by atoms with van der Waals surface area (Å²) in [5.74, 6) is 0. The Kier molecular flexibility index (Phi) is 6.55. The van der Waals surface area contributed by atoms with Crippen LogP contribution in [0.1, 0.15) is 50.7 Å². The van der Waals surface area contributed by atoms with Crippen LogP contribution in [0.15, 0.2) is 156 Å². The largest absolute Gasteiger partial charge is 0.456 e. The van der Waals surface area contributed by atoms with Crippen LogP contribution in [0.25, 0.3) is 21.9 Å². The van der Waals surface area contributed by atoms with Gasteiger partial charge in [0.15, 0.2) is 0 Å². The Morgan fingerprint density at radius 1 is 0.589 bits per heavy atom. The van der Waals surface area contributed by atoms with Gasteiger partial charge < -0.3 is 19.1 Å². The number of hydrogen-bond donors (Lipinski definition) is 0. The molecular formula is C51H42BN3O. The number of hydrogen-bond acceptors (Lipinski definition) is 4. The smallest absolute Gasteiger partial charge is 0.252 e. The molecule has 0 spiro atoms. The highest BCUT2D eigenvalue weighted by Gasteiger charge is 2.61. The third-order valence-electron chi connectivity index (χ3n) is 14.0. The van der Waals surface area contributed by atoms with Gasteiger partial charge in [0.25, 0.3) is 6.71 Å². The molecule has 2 unspecified atom stereocenters. The van der Waals surface area contributed by atoms with Crippen LogP contribution in [0, 0.1) is 6.92 Å². The molecule has 0 N–H and O–H groups in total. The standard InChI is InChI=1S/C51H42BN3O/c1-33-30-43-48-44(31-33)55-49-38(50(2)28-12-13-29-51(50,55)3)21-14-22-40(49)52(48)39-27-26-36(53(34-16-6-4-7-17-34)35-18-8-5-9-19-35)32-42(39)54(43)41-23-15-25-46-47(41)37-20-10-11-24-45(37)56-46/h4-11,14-27,30-32H,12-13,28-29H2,1-3H3. The predicted octanol–water partition coefficient (Wildman–Crippen LogP) is 11.7. The highest BCUT2D eigenvalue weighted by atomic mass is 16.3. The monoisotopic (exact) mass is 723 g/mol. The molecule has 12 rings (SSSR count). The van der Waals surface area contributed by atoms with Crippen molar-refractivity contribution in [3.63, 3.8) is 0 Å². The highest BCUT2D eigenvalue weighted by Crippen LogP contribution is 2.62. The maximum atomic E-state index is 6.57. The summed E-state index contributed by atoms with van der Waals surface area (Å²) in [6.45, 7) is 7.49. The Labute approximate surface area is 328 Å². The number of benzene rings is 7. The SMILES string of the molecule is Cc1cc2c3c(c1)N1c4c(cccc4C4(C)CCCCC14C)B3c1ccc(N(c3ccccc3)c3ccccc3)cc1N2c1cccc2oc3ccccc3c12. The van der Waals surface area contributed by atoms with E-state index in [0.717, 1.165) is 44.7 Å². The number of nitrogens with zero attached hydrogens (tertiary/aromatic N) is 3. The van der Waals surface area contributed by atoms with Gasteiger partial charge in [0, 0.05) is 50.6 Å². The van der Waals surface area contributed by atoms with Gasteiger partial charge in [-0.25, -0.2) is 0 Å². The van der Waals surface area contributed by atoms with E-state index in [1.807, 2.05) is 0 Å². The van der Waals surface area contributed by atoms with Gasteiger partial charge in [-0.1, -0.05) is 105 Å². The van der Waals surface area contributed by atoms with Crippen molar-refractivity contribution in [3.05, 3.63) is 163 Å². The second-order valence-electron chi connectivity index (χ2n) is 16.9. The quantitative estimate of drug-likeness (QED) is 0.169. The number of para-hydroxylation sites is 4. The fourth-order valence-electron chi connectivity index (χ4n) is 11.3. The van der Waals surface area contributed by atoms with Crippen LogP contribution in [0.3, 0.4) is 0 Å². The van der Waals surface area contributed by atoms with E-state index in [-0.39, 0.29) is 17.7 Å². The summed E-state index contributed by atoms with van der Waals surface area (Å²) < 4.78 is 6.57. The molecule has 4 heterocycles. The van der Waals surface area contributed by atoms with Gasteiger partial charge >= 0.3 is 0 Å². The topological polar surface area (TPSA) is 22.9 Å². The van der Waals surface area contributed by atoms with E-state index >= 15 is 0 Å². The number of rotatable bonds is 4. The minimum Gasteiger partial charge on any atom is -0.456 e. The molecule has 2 atom stereocenters. The van der Waals surface area contributed by atoms with Gasteiger partial charge in [0.1, 0.15) is 11.2 Å². The van der Waals surface area contributed by atoms with Crippen LogP contribution < -0.4 is 31.1 Å². The van der Waals surface area contributed by atoms with Crippen molar-refractivity contribution < 1.29 is 4.42 Å². The van der Waals surface area contributed by atoms with E-state index in [1.54, 1.807) is 0 Å². The van der Waals surface area contributed by atoms with E-state index in [1.165, 1.54) is 75.9 Å². The minimum atomic E-state index is -0.0160. The fourth-order valence-corrected chi connectivity index (χ4v) is 11.3. The first-order chi connectivity index (χ1) is 27.4. The molecule has 5 heteroatoms. The van der Waals surface area contributed by atoms with E-state index < -0.39 is 0 Å². The van der Waals surface area contributed by atoms with Crippen molar-refractivity contribution in [1.82, 2.24) is 0 Å². The van der Waals surface area contributed by atoms with Crippen LogP contribution in [0.5, 0.6) is 0 Å². The molecule has 1 fully saturated rings. The molecule has 7 aromatic carbocycles. The predicted molar refractivity (Wildman–Crippen MR) is 235 cm³/mol. The first-order valence-electron chi connectivity index (χ1n) is 20.3. The molecule has 0 radical (unpaired) electrons. The van der Waals surface area contributed by atoms with Crippen LogP contribution in [0.2, 0.25) is 0 Å². The second kappa shape index (κ2) is 11.4. The Hall–Kier alpha value is -6.20. The normalized spacial score (nSPS) is 20.2. The first-order valence-corrected chi connectivity index (χ1v) is 20.3. The summed E-state index contributed by atoms with van der Waals surface area (Å²) in [5, 5.41) is 2.28. The lowest BCUT2D eigenvalue weighted by atomic mass is 9.33. The molecule has 0 saturated heterocycles. The molecule has 1 aliphatic carbocycles. The maximum Gasteiger partial charge on any atom is 0.252 e. The van der Waals surface area contributed by atoms with Crippen molar-refractivity contribution in [2.45, 2.75) is 57.4 Å². The molecule has 4 aliphatic rings. The first kappa shape index (κ1) is 32.1. The highest BCUT2D eigenvalue weighted by molar-refractivity contribution is 7.00. The zero-order valence-corrected chi connectivity index (χ0v) is 32.1. The molecular weight excluding hydrogens is 681 g/mol. The molecule has 8 aromatic rings. The Balaban J connectivity index is 1.19. The van der Waals surface area contributed by atoms with Gasteiger partial charge in [0.05, 0.1) is 16.6 Å². The minimum absolute atomic E-state index is 0.0160. The van der Waals surface area contributed by atoms with Crippen molar-refractivity contribution in [3.8, 4) is 0 Å². The third-order valence-corrected chi connectivity index (χ3v) is 14.0. The molecule has 1 saturated carbocycles. The Bertz CT molecular complexity index is 2860. The van der Waals surface area contributed by atoms with Crippen LogP contribution in [-0.4, -0.2) is 12.3 Å². The van der Waals surface area contributed by atoms with Crippen molar-refractivity contribution in [1.29, 1.82) is 0 Å². The van der Waals surface area contributed by atoms with Crippen LogP contribution in [0.4, 0.5) is 45.5 Å². The molecule has 0 amide bonds. The summed E-state index contributed by atoms with van der Waals surface area (Å²) >= 11 is 0. The van der Waals surface area contributed by atoms with Crippen LogP contribution >= 0.6 is 0 Å². The maximum absolute atomic E-state index is 6.57. The molecule has 1 aromatic heterocycles. The molecule has 56 heavy (non-hydrogen) atoms. The van der Waals surface area contributed by atoms with Gasteiger partial charge in [-0.3, -0.25) is 0 Å². The average molecular weight is 724 g/mol. The van der Waals surface area contributed by atoms with Gasteiger partial charge in [-0.05, 0) is 121 Å². The Morgan fingerprint density at radius 2 is 1.29 bits per heavy atom. The Morgan fingerprint density at radius 3 is 2.09 bits per heavy atom. The molecule has 270 valence electrons. The van der Waals surface area contributed by atoms with E-state index in [2.05, 4.69) is 187 Å². The molecule has 4 nitrogen and oxygen atoms in total. The van der Waals surface area contributed by atoms with Crippen molar-refractivity contribution >= 4 is 90.5 Å². The number of fused-ring (bicyclic) bond motifs is 10. The summed E-state index contributed by atoms with van der Waals surface area (Å²) in [6.07, 6.45) is 4.94. The summed E-state index contributed by atoms with van der Waals surface area (Å²) in [6, 6.07) is 56.0. The van der Waals surface area contributed by atoms with Crippen molar-refractivity contribution in [2.75, 3.05) is 14.7 Å². The summed E-state index contributed by atoms with van der Waals surface area (Å²) in [4.78, 5) is 7.78. The number of furan rings is 1. The average Bonchev–Trinajstić information content (AvgIpc) is 3.71. The zero-order valence-electron chi connectivity index (χ0n) is 32.1. The summed E-state index contributed by atoms with van der Waals surface area (Å²) in [7, 11) is 0. The summed E-state index contributed by atoms with van der Waals surface area (Å²) in [5.41, 5.74) is 18.6. The lowest BCUT2D eigenvalue weighted by molar-refractivity contribution is 0.195. The third kappa shape index (κ3) is 4.10. The van der Waals surface area contributed by atoms with E-state index in [0.29, 0.717) is 0 Å². The number of anilines is 8. The second-order valence-corrected chi connectivity index (χ2v) is 16.9. The van der Waals surface area contributed by atoms with Crippen LogP contribution in [-0.2, 0) is 5.41 Å². The zero-order chi connectivity index (χ0) is 37.3. The van der Waals surface area contributed by atoms with E-state index in [9.17, 15) is 0 Å². The lowest BCUT2D eigenvalue weighted by Gasteiger charge is -2.53. The molecule has 3 aliphatic heterocycles. The van der Waals surface area contributed by atoms with Gasteiger partial charge in [0.2, 0.25) is 0 Å². The van der Waals surface area contributed by atoms with Gasteiger partial charge in [-0.2, -0.15) is 0 Å². The molecule has 0 bridgehead atoms. The van der Waals surface area contributed by atoms with E-state index in [4.69, 9.17) is 4.42 Å². The van der Waals surface area contributed by atoms with Gasteiger partial charge in [-0.15, -0.1) is 0 Å². The lowest BCUT2D eigenvalue weighted by Crippen LogP contribution is -2.64. The fraction of sp³-hybridized carbons (Fsp3) is 0.176. The number of aryl methyl sites for hydroxylation is 1.